The number of hydrogen-bond donors (Lipinski definition) is 2. The molecule has 206 valence electrons. The van der Waals surface area contributed by atoms with Crippen LogP contribution in [-0.2, 0) is 9.59 Å². The highest BCUT2D eigenvalue weighted by atomic mass is 79.9. The second-order valence-corrected chi connectivity index (χ2v) is 11.7. The first-order chi connectivity index (χ1) is 18.7. The number of hydrogen-bond acceptors (Lipinski definition) is 2. The van der Waals surface area contributed by atoms with Gasteiger partial charge in [-0.1, -0.05) is 66.2 Å². The summed E-state index contributed by atoms with van der Waals surface area (Å²) in [5.41, 5.74) is 2.46. The second kappa shape index (κ2) is 13.3. The fourth-order valence-corrected chi connectivity index (χ4v) is 5.60. The SMILES string of the molecule is CC(C)CCC(=O)N[C@@H]1CC[C@@H](C(=O)NC(c2ccc(F)cc2)c2ccc(F)cc2)[C@H](c2ccc(Br)cc2)C1. The summed E-state index contributed by atoms with van der Waals surface area (Å²) in [6, 6.07) is 19.4. The third-order valence-corrected chi connectivity index (χ3v) is 8.02. The molecule has 0 heterocycles. The first kappa shape index (κ1) is 28.9. The molecule has 1 aliphatic carbocycles. The highest BCUT2D eigenvalue weighted by Crippen LogP contribution is 2.39. The molecule has 1 aliphatic rings. The van der Waals surface area contributed by atoms with Crippen LogP contribution < -0.4 is 10.6 Å². The quantitative estimate of drug-likeness (QED) is 0.270. The summed E-state index contributed by atoms with van der Waals surface area (Å²) in [6.45, 7) is 4.21. The zero-order valence-electron chi connectivity index (χ0n) is 22.3. The van der Waals surface area contributed by atoms with E-state index in [1.165, 1.54) is 24.3 Å². The first-order valence-corrected chi connectivity index (χ1v) is 14.3. The molecule has 39 heavy (non-hydrogen) atoms. The average molecular weight is 598 g/mol. The summed E-state index contributed by atoms with van der Waals surface area (Å²) in [5.74, 6) is -0.757. The molecule has 4 nitrogen and oxygen atoms in total. The lowest BCUT2D eigenvalue weighted by Gasteiger charge is -2.37. The molecule has 3 aromatic carbocycles. The fraction of sp³-hybridized carbons (Fsp3) is 0.375. The molecule has 1 fully saturated rings. The zero-order chi connectivity index (χ0) is 27.9. The van der Waals surface area contributed by atoms with E-state index in [9.17, 15) is 18.4 Å². The molecular formula is C32H35BrF2N2O2. The van der Waals surface area contributed by atoms with Gasteiger partial charge in [0.25, 0.3) is 0 Å². The number of nitrogens with one attached hydrogen (secondary N) is 2. The van der Waals surface area contributed by atoms with Crippen molar-refractivity contribution in [2.45, 2.75) is 64.0 Å². The van der Waals surface area contributed by atoms with Crippen LogP contribution >= 0.6 is 15.9 Å². The van der Waals surface area contributed by atoms with Crippen molar-refractivity contribution in [2.75, 3.05) is 0 Å². The molecule has 0 aliphatic heterocycles. The van der Waals surface area contributed by atoms with Gasteiger partial charge in [-0.05, 0) is 90.6 Å². The van der Waals surface area contributed by atoms with Crippen molar-refractivity contribution >= 4 is 27.7 Å². The Morgan fingerprint density at radius 3 is 1.97 bits per heavy atom. The summed E-state index contributed by atoms with van der Waals surface area (Å²) in [7, 11) is 0. The van der Waals surface area contributed by atoms with Crippen molar-refractivity contribution in [1.29, 1.82) is 0 Å². The Labute approximate surface area is 237 Å². The van der Waals surface area contributed by atoms with Crippen molar-refractivity contribution in [3.05, 3.63) is 106 Å². The monoisotopic (exact) mass is 596 g/mol. The molecule has 0 aromatic heterocycles. The summed E-state index contributed by atoms with van der Waals surface area (Å²) in [4.78, 5) is 26.5. The minimum atomic E-state index is -0.558. The maximum Gasteiger partial charge on any atom is 0.224 e. The van der Waals surface area contributed by atoms with Crippen molar-refractivity contribution in [3.63, 3.8) is 0 Å². The molecule has 2 N–H and O–H groups in total. The lowest BCUT2D eigenvalue weighted by atomic mass is 9.72. The Balaban J connectivity index is 1.57. The Morgan fingerprint density at radius 1 is 0.872 bits per heavy atom. The van der Waals surface area contributed by atoms with E-state index in [1.807, 2.05) is 24.3 Å². The topological polar surface area (TPSA) is 58.2 Å². The van der Waals surface area contributed by atoms with Crippen LogP contribution in [-0.4, -0.2) is 17.9 Å². The van der Waals surface area contributed by atoms with Gasteiger partial charge in [0.2, 0.25) is 11.8 Å². The number of amides is 2. The summed E-state index contributed by atoms with van der Waals surface area (Å²) >= 11 is 3.49. The fourth-order valence-electron chi connectivity index (χ4n) is 5.33. The van der Waals surface area contributed by atoms with Gasteiger partial charge in [0, 0.05) is 22.9 Å². The van der Waals surface area contributed by atoms with Crippen molar-refractivity contribution in [3.8, 4) is 0 Å². The third-order valence-electron chi connectivity index (χ3n) is 7.49. The Kier molecular flexibility index (Phi) is 9.89. The first-order valence-electron chi connectivity index (χ1n) is 13.6. The summed E-state index contributed by atoms with van der Waals surface area (Å²) in [5, 5.41) is 6.37. The molecule has 4 rings (SSSR count). The largest absolute Gasteiger partial charge is 0.353 e. The van der Waals surface area contributed by atoms with E-state index in [1.54, 1.807) is 24.3 Å². The van der Waals surface area contributed by atoms with Crippen LogP contribution in [0, 0.1) is 23.5 Å². The van der Waals surface area contributed by atoms with Gasteiger partial charge < -0.3 is 10.6 Å². The van der Waals surface area contributed by atoms with Gasteiger partial charge in [0.05, 0.1) is 6.04 Å². The number of carbonyl (C=O) groups excluding carboxylic acids is 2. The van der Waals surface area contributed by atoms with E-state index in [0.29, 0.717) is 42.7 Å². The van der Waals surface area contributed by atoms with Gasteiger partial charge in [-0.15, -0.1) is 0 Å². The smallest absolute Gasteiger partial charge is 0.224 e. The van der Waals surface area contributed by atoms with Crippen LogP contribution in [0.2, 0.25) is 0 Å². The van der Waals surface area contributed by atoms with E-state index in [0.717, 1.165) is 16.5 Å². The molecule has 2 amide bonds. The summed E-state index contributed by atoms with van der Waals surface area (Å²) in [6.07, 6.45) is 3.31. The predicted molar refractivity (Wildman–Crippen MR) is 153 cm³/mol. The lowest BCUT2D eigenvalue weighted by Crippen LogP contribution is -2.45. The third kappa shape index (κ3) is 7.98. The van der Waals surface area contributed by atoms with Crippen LogP contribution in [0.1, 0.15) is 74.6 Å². The van der Waals surface area contributed by atoms with E-state index in [-0.39, 0.29) is 41.3 Å². The van der Waals surface area contributed by atoms with Gasteiger partial charge in [0.15, 0.2) is 0 Å². The minimum absolute atomic E-state index is 0.00708. The van der Waals surface area contributed by atoms with Gasteiger partial charge in [-0.2, -0.15) is 0 Å². The second-order valence-electron chi connectivity index (χ2n) is 10.8. The Hall–Kier alpha value is -3.06. The van der Waals surface area contributed by atoms with Gasteiger partial charge in [0.1, 0.15) is 11.6 Å². The zero-order valence-corrected chi connectivity index (χ0v) is 23.9. The molecule has 3 atom stereocenters. The van der Waals surface area contributed by atoms with Crippen molar-refractivity contribution < 1.29 is 18.4 Å². The molecule has 0 bridgehead atoms. The van der Waals surface area contributed by atoms with E-state index < -0.39 is 6.04 Å². The van der Waals surface area contributed by atoms with Crippen LogP contribution in [0.5, 0.6) is 0 Å². The van der Waals surface area contributed by atoms with Gasteiger partial charge >= 0.3 is 0 Å². The maximum absolute atomic E-state index is 13.9. The molecule has 7 heteroatoms. The van der Waals surface area contributed by atoms with Crippen LogP contribution in [0.25, 0.3) is 0 Å². The van der Waals surface area contributed by atoms with Crippen molar-refractivity contribution in [1.82, 2.24) is 10.6 Å². The van der Waals surface area contributed by atoms with E-state index >= 15 is 0 Å². The number of benzene rings is 3. The van der Waals surface area contributed by atoms with E-state index in [4.69, 9.17) is 0 Å². The standard InChI is InChI=1S/C32H35BrF2N2O2/c1-20(2)3-18-30(38)36-27-16-17-28(29(19-27)21-4-10-24(33)11-5-21)32(39)37-31(22-6-12-25(34)13-7-22)23-8-14-26(35)15-9-23/h4-15,20,27-29,31H,3,16-19H2,1-2H3,(H,36,38)(H,37,39)/t27-,28-,29+/m1/s1. The molecule has 0 radical (unpaired) electrons. The molecule has 0 saturated heterocycles. The molecule has 3 aromatic rings. The molecule has 0 unspecified atom stereocenters. The lowest BCUT2D eigenvalue weighted by molar-refractivity contribution is -0.127. The molecular weight excluding hydrogens is 562 g/mol. The Morgan fingerprint density at radius 2 is 1.44 bits per heavy atom. The number of rotatable bonds is 9. The minimum Gasteiger partial charge on any atom is -0.353 e. The van der Waals surface area contributed by atoms with E-state index in [2.05, 4.69) is 40.4 Å². The highest BCUT2D eigenvalue weighted by Gasteiger charge is 2.37. The number of carbonyl (C=O) groups is 2. The highest BCUT2D eigenvalue weighted by molar-refractivity contribution is 9.10. The van der Waals surface area contributed by atoms with Crippen molar-refractivity contribution in [2.24, 2.45) is 11.8 Å². The summed E-state index contributed by atoms with van der Waals surface area (Å²) < 4.78 is 28.3. The normalized spacial score (nSPS) is 19.2. The van der Waals surface area contributed by atoms with Crippen LogP contribution in [0.15, 0.2) is 77.3 Å². The number of halogens is 3. The van der Waals surface area contributed by atoms with Crippen LogP contribution in [0.3, 0.4) is 0 Å². The van der Waals surface area contributed by atoms with Gasteiger partial charge in [-0.25, -0.2) is 8.78 Å². The van der Waals surface area contributed by atoms with Crippen LogP contribution in [0.4, 0.5) is 8.78 Å². The maximum atomic E-state index is 13.9. The Bertz CT molecular complexity index is 1200. The predicted octanol–water partition coefficient (Wildman–Crippen LogP) is 7.44. The molecule has 1 saturated carbocycles. The van der Waals surface area contributed by atoms with Gasteiger partial charge in [-0.3, -0.25) is 9.59 Å². The average Bonchev–Trinajstić information content (AvgIpc) is 2.92. The molecule has 0 spiro atoms.